The monoisotopic (exact) mass is 254 g/mol. The number of nitrogens with zero attached hydrogens (tertiary/aromatic N) is 1. The molecule has 1 aliphatic heterocycles. The van der Waals surface area contributed by atoms with Crippen LogP contribution in [0.4, 0.5) is 0 Å². The van der Waals surface area contributed by atoms with Crippen LogP contribution in [0.2, 0.25) is 0 Å². The van der Waals surface area contributed by atoms with Gasteiger partial charge in [0.25, 0.3) is 0 Å². The van der Waals surface area contributed by atoms with Gasteiger partial charge in [0, 0.05) is 25.0 Å². The van der Waals surface area contributed by atoms with Crippen LogP contribution in [0.5, 0.6) is 0 Å². The molecule has 0 aromatic rings. The third-order valence-electron chi connectivity index (χ3n) is 4.44. The van der Waals surface area contributed by atoms with E-state index in [0.717, 1.165) is 19.4 Å². The fraction of sp³-hybridized carbons (Fsp3) is 0.933. The van der Waals surface area contributed by atoms with E-state index < -0.39 is 0 Å². The van der Waals surface area contributed by atoms with Gasteiger partial charge in [-0.3, -0.25) is 4.79 Å². The molecule has 0 aromatic heterocycles. The molecule has 3 nitrogen and oxygen atoms in total. The maximum Gasteiger partial charge on any atom is 0.223 e. The highest BCUT2D eigenvalue weighted by atomic mass is 16.2. The smallest absolute Gasteiger partial charge is 0.223 e. The van der Waals surface area contributed by atoms with Crippen molar-refractivity contribution in [1.29, 1.82) is 0 Å². The highest BCUT2D eigenvalue weighted by Crippen LogP contribution is 2.30. The van der Waals surface area contributed by atoms with E-state index in [1.165, 1.54) is 6.42 Å². The normalized spacial score (nSPS) is 24.8. The van der Waals surface area contributed by atoms with E-state index in [1.54, 1.807) is 0 Å². The van der Waals surface area contributed by atoms with Gasteiger partial charge in [-0.1, -0.05) is 27.7 Å². The van der Waals surface area contributed by atoms with Gasteiger partial charge in [-0.15, -0.1) is 0 Å². The highest BCUT2D eigenvalue weighted by Gasteiger charge is 2.31. The van der Waals surface area contributed by atoms with Crippen LogP contribution >= 0.6 is 0 Å². The van der Waals surface area contributed by atoms with Gasteiger partial charge < -0.3 is 10.6 Å². The van der Waals surface area contributed by atoms with Crippen LogP contribution < -0.4 is 5.73 Å². The lowest BCUT2D eigenvalue weighted by molar-refractivity contribution is -0.137. The van der Waals surface area contributed by atoms with Crippen molar-refractivity contribution in [2.75, 3.05) is 6.54 Å². The molecule has 106 valence electrons. The summed E-state index contributed by atoms with van der Waals surface area (Å²) in [6, 6.07) is 0.331. The molecule has 0 bridgehead atoms. The summed E-state index contributed by atoms with van der Waals surface area (Å²) in [5.41, 5.74) is 6.21. The van der Waals surface area contributed by atoms with E-state index in [4.69, 9.17) is 5.73 Å². The van der Waals surface area contributed by atoms with Gasteiger partial charge in [-0.25, -0.2) is 0 Å². The summed E-state index contributed by atoms with van der Waals surface area (Å²) in [7, 11) is 0. The average Bonchev–Trinajstić information content (AvgIpc) is 2.27. The quantitative estimate of drug-likeness (QED) is 0.842. The van der Waals surface area contributed by atoms with Crippen molar-refractivity contribution in [2.45, 2.75) is 72.4 Å². The number of piperidine rings is 1. The number of rotatable bonds is 3. The SMILES string of the molecule is CC(N)C1CCCCN1C(=O)CC(C)C(C)(C)C. The molecular formula is C15H30N2O. The zero-order valence-corrected chi connectivity index (χ0v) is 12.7. The lowest BCUT2D eigenvalue weighted by Gasteiger charge is -2.39. The zero-order valence-electron chi connectivity index (χ0n) is 12.7. The van der Waals surface area contributed by atoms with Crippen LogP contribution in [0.25, 0.3) is 0 Å². The number of hydrogen-bond donors (Lipinski definition) is 1. The van der Waals surface area contributed by atoms with Crippen molar-refractivity contribution in [2.24, 2.45) is 17.1 Å². The number of likely N-dealkylation sites (tertiary alicyclic amines) is 1. The van der Waals surface area contributed by atoms with Gasteiger partial charge in [-0.2, -0.15) is 0 Å². The van der Waals surface area contributed by atoms with Crippen LogP contribution in [-0.4, -0.2) is 29.4 Å². The Bertz CT molecular complexity index is 281. The highest BCUT2D eigenvalue weighted by molar-refractivity contribution is 5.77. The Morgan fingerprint density at radius 3 is 2.44 bits per heavy atom. The van der Waals surface area contributed by atoms with Gasteiger partial charge in [0.15, 0.2) is 0 Å². The molecule has 1 rings (SSSR count). The lowest BCUT2D eigenvalue weighted by atomic mass is 9.79. The summed E-state index contributed by atoms with van der Waals surface area (Å²) in [6.07, 6.45) is 4.03. The molecule has 0 radical (unpaired) electrons. The van der Waals surface area contributed by atoms with Crippen molar-refractivity contribution < 1.29 is 4.79 Å². The molecule has 18 heavy (non-hydrogen) atoms. The van der Waals surface area contributed by atoms with Crippen LogP contribution in [0.1, 0.15) is 60.3 Å². The first kappa shape index (κ1) is 15.5. The summed E-state index contributed by atoms with van der Waals surface area (Å²) in [5, 5.41) is 0. The summed E-state index contributed by atoms with van der Waals surface area (Å²) in [5.74, 6) is 0.695. The number of amides is 1. The third-order valence-corrected chi connectivity index (χ3v) is 4.44. The van der Waals surface area contributed by atoms with Crippen LogP contribution in [0.15, 0.2) is 0 Å². The van der Waals surface area contributed by atoms with Crippen LogP contribution in [-0.2, 0) is 4.79 Å². The molecule has 0 aliphatic carbocycles. The van der Waals surface area contributed by atoms with Gasteiger partial charge >= 0.3 is 0 Å². The Morgan fingerprint density at radius 2 is 1.94 bits per heavy atom. The molecule has 3 unspecified atom stereocenters. The average molecular weight is 254 g/mol. The first-order chi connectivity index (χ1) is 8.23. The largest absolute Gasteiger partial charge is 0.338 e. The van der Waals surface area contributed by atoms with Gasteiger partial charge in [0.1, 0.15) is 0 Å². The molecule has 3 atom stereocenters. The summed E-state index contributed by atoms with van der Waals surface area (Å²) >= 11 is 0. The molecule has 1 fully saturated rings. The molecule has 3 heteroatoms. The van der Waals surface area contributed by atoms with Crippen molar-refractivity contribution in [1.82, 2.24) is 4.90 Å². The van der Waals surface area contributed by atoms with E-state index in [0.29, 0.717) is 18.2 Å². The number of hydrogen-bond acceptors (Lipinski definition) is 2. The summed E-state index contributed by atoms with van der Waals surface area (Å²) in [6.45, 7) is 11.7. The maximum absolute atomic E-state index is 12.4. The minimum atomic E-state index is 0.0826. The van der Waals surface area contributed by atoms with Crippen molar-refractivity contribution in [3.8, 4) is 0 Å². The number of carbonyl (C=O) groups is 1. The van der Waals surface area contributed by atoms with E-state index >= 15 is 0 Å². The number of carbonyl (C=O) groups excluding carboxylic acids is 1. The number of nitrogens with two attached hydrogens (primary N) is 1. The molecule has 0 aromatic carbocycles. The van der Waals surface area contributed by atoms with Crippen LogP contribution in [0.3, 0.4) is 0 Å². The second-order valence-electron chi connectivity index (χ2n) is 6.98. The second kappa shape index (κ2) is 6.05. The first-order valence-corrected chi connectivity index (χ1v) is 7.28. The molecular weight excluding hydrogens is 224 g/mol. The Kier molecular flexibility index (Phi) is 5.20. The predicted molar refractivity (Wildman–Crippen MR) is 76.2 cm³/mol. The zero-order chi connectivity index (χ0) is 13.9. The predicted octanol–water partition coefficient (Wildman–Crippen LogP) is 2.79. The topological polar surface area (TPSA) is 46.3 Å². The Hall–Kier alpha value is -0.570. The van der Waals surface area contributed by atoms with Crippen LogP contribution in [0, 0.1) is 11.3 Å². The Labute approximate surface area is 112 Å². The van der Waals surface area contributed by atoms with Crippen molar-refractivity contribution in [3.05, 3.63) is 0 Å². The summed E-state index contributed by atoms with van der Waals surface area (Å²) in [4.78, 5) is 14.5. The van der Waals surface area contributed by atoms with Gasteiger partial charge in [0.2, 0.25) is 5.91 Å². The molecule has 2 N–H and O–H groups in total. The Balaban J connectivity index is 2.64. The Morgan fingerprint density at radius 1 is 1.33 bits per heavy atom. The van der Waals surface area contributed by atoms with E-state index in [9.17, 15) is 4.79 Å². The molecule has 0 saturated carbocycles. The van der Waals surface area contributed by atoms with Crippen molar-refractivity contribution in [3.63, 3.8) is 0 Å². The molecule has 1 saturated heterocycles. The maximum atomic E-state index is 12.4. The lowest BCUT2D eigenvalue weighted by Crippen LogP contribution is -2.52. The fourth-order valence-electron chi connectivity index (χ4n) is 2.50. The van der Waals surface area contributed by atoms with E-state index in [2.05, 4.69) is 27.7 Å². The minimum absolute atomic E-state index is 0.0826. The van der Waals surface area contributed by atoms with E-state index in [-0.39, 0.29) is 17.5 Å². The minimum Gasteiger partial charge on any atom is -0.338 e. The fourth-order valence-corrected chi connectivity index (χ4v) is 2.50. The molecule has 1 amide bonds. The third kappa shape index (κ3) is 3.98. The second-order valence-corrected chi connectivity index (χ2v) is 6.98. The molecule has 0 spiro atoms. The molecule has 1 heterocycles. The first-order valence-electron chi connectivity index (χ1n) is 7.28. The van der Waals surface area contributed by atoms with E-state index in [1.807, 2.05) is 11.8 Å². The summed E-state index contributed by atoms with van der Waals surface area (Å²) < 4.78 is 0. The van der Waals surface area contributed by atoms with Crippen molar-refractivity contribution >= 4 is 5.91 Å². The standard InChI is InChI=1S/C15H30N2O/c1-11(15(3,4)5)10-14(18)17-9-7-6-8-13(17)12(2)16/h11-13H,6-10,16H2,1-5H3. The van der Waals surface area contributed by atoms with Gasteiger partial charge in [-0.05, 0) is 37.5 Å². The molecule has 1 aliphatic rings. The van der Waals surface area contributed by atoms with Gasteiger partial charge in [0.05, 0.1) is 0 Å².